The number of amides is 2. The molecule has 2 heterocycles. The van der Waals surface area contributed by atoms with Gasteiger partial charge in [0.25, 0.3) is 5.56 Å². The van der Waals surface area contributed by atoms with E-state index in [1.165, 1.54) is 11.8 Å². The average molecular weight is 341 g/mol. The van der Waals surface area contributed by atoms with Crippen LogP contribution >= 0.6 is 0 Å². The van der Waals surface area contributed by atoms with Gasteiger partial charge in [0.05, 0.1) is 6.33 Å². The number of aromatic nitrogens is 4. The first-order valence-corrected chi connectivity index (χ1v) is 7.06. The number of aromatic amines is 1. The van der Waals surface area contributed by atoms with Gasteiger partial charge in [-0.15, -0.1) is 0 Å². The second-order valence-electron chi connectivity index (χ2n) is 5.34. The normalized spacial score (nSPS) is 22.4. The van der Waals surface area contributed by atoms with Gasteiger partial charge in [0.2, 0.25) is 5.95 Å². The second-order valence-corrected chi connectivity index (χ2v) is 5.34. The van der Waals surface area contributed by atoms with E-state index in [0.29, 0.717) is 5.65 Å². The third-order valence-electron chi connectivity index (χ3n) is 4.01. The van der Waals surface area contributed by atoms with E-state index < -0.39 is 6.03 Å². The van der Waals surface area contributed by atoms with Crippen molar-refractivity contribution in [3.05, 3.63) is 16.7 Å². The number of fused-ring (bicyclic) bond motifs is 1. The van der Waals surface area contributed by atoms with Gasteiger partial charge in [-0.05, 0) is 12.3 Å². The first kappa shape index (κ1) is 17.7. The number of carbonyl (C=O) groups excluding carboxylic acids is 1. The Morgan fingerprint density at radius 3 is 2.67 bits per heavy atom. The number of aliphatic hydroxyl groups is 2. The standard InChI is InChI=1S/C11H15N5O3.CH4N2O2/c12-11-14-9-8(10(19)15-11)13-4-16(9)7-1-5(2-17)6(7)3-18;2-1(4)3-5/h4-7,17-18H,1-3H2,(H3,12,14,15,19);5H,(H3,2,3,4)/t5-,6-,7-;/m1./s1. The summed E-state index contributed by atoms with van der Waals surface area (Å²) >= 11 is 0. The zero-order valence-corrected chi connectivity index (χ0v) is 12.6. The first-order chi connectivity index (χ1) is 11.4. The van der Waals surface area contributed by atoms with E-state index in [1.54, 1.807) is 4.57 Å². The highest BCUT2D eigenvalue weighted by Gasteiger charge is 2.41. The van der Waals surface area contributed by atoms with E-state index >= 15 is 0 Å². The van der Waals surface area contributed by atoms with Crippen LogP contribution in [-0.4, -0.2) is 54.2 Å². The Labute approximate surface area is 135 Å². The molecule has 1 aliphatic carbocycles. The van der Waals surface area contributed by atoms with Crippen LogP contribution in [0.3, 0.4) is 0 Å². The summed E-state index contributed by atoms with van der Waals surface area (Å²) in [6.07, 6.45) is 2.26. The predicted octanol–water partition coefficient (Wildman–Crippen LogP) is -2.09. The number of aliphatic hydroxyl groups excluding tert-OH is 2. The van der Waals surface area contributed by atoms with Crippen LogP contribution in [0.4, 0.5) is 10.7 Å². The van der Waals surface area contributed by atoms with Gasteiger partial charge in [-0.2, -0.15) is 4.98 Å². The van der Waals surface area contributed by atoms with Gasteiger partial charge in [-0.3, -0.25) is 15.0 Å². The molecule has 0 radical (unpaired) electrons. The van der Waals surface area contributed by atoms with Crippen molar-refractivity contribution in [1.82, 2.24) is 25.0 Å². The summed E-state index contributed by atoms with van der Waals surface area (Å²) in [7, 11) is 0. The lowest BCUT2D eigenvalue weighted by atomic mass is 9.70. The highest BCUT2D eigenvalue weighted by atomic mass is 16.5. The van der Waals surface area contributed by atoms with Gasteiger partial charge in [-0.1, -0.05) is 0 Å². The Kier molecular flexibility index (Phi) is 5.33. The molecule has 1 saturated carbocycles. The van der Waals surface area contributed by atoms with Gasteiger partial charge in [-0.25, -0.2) is 15.3 Å². The maximum absolute atomic E-state index is 11.7. The molecule has 3 atom stereocenters. The number of primary amides is 1. The Morgan fingerprint density at radius 1 is 1.46 bits per heavy atom. The Balaban J connectivity index is 0.000000368. The maximum Gasteiger partial charge on any atom is 0.335 e. The van der Waals surface area contributed by atoms with E-state index in [1.807, 2.05) is 0 Å². The van der Waals surface area contributed by atoms with Crippen LogP contribution in [0.2, 0.25) is 0 Å². The van der Waals surface area contributed by atoms with Crippen LogP contribution in [0.25, 0.3) is 11.2 Å². The maximum atomic E-state index is 11.7. The molecule has 132 valence electrons. The molecule has 12 nitrogen and oxygen atoms in total. The van der Waals surface area contributed by atoms with Crippen LogP contribution < -0.4 is 22.5 Å². The molecule has 12 heteroatoms. The molecule has 0 saturated heterocycles. The van der Waals surface area contributed by atoms with Crippen molar-refractivity contribution < 1.29 is 20.2 Å². The number of nitrogens with one attached hydrogen (secondary N) is 2. The molecule has 0 aromatic carbocycles. The number of hydrogen-bond donors (Lipinski definition) is 7. The largest absolute Gasteiger partial charge is 0.396 e. The minimum absolute atomic E-state index is 0.0131. The molecule has 0 unspecified atom stereocenters. The van der Waals surface area contributed by atoms with Crippen molar-refractivity contribution in [1.29, 1.82) is 0 Å². The molecule has 0 bridgehead atoms. The summed E-state index contributed by atoms with van der Waals surface area (Å²) in [5.74, 6) is 0.0642. The molecule has 1 aliphatic rings. The van der Waals surface area contributed by atoms with Crippen molar-refractivity contribution >= 4 is 23.1 Å². The zero-order valence-electron chi connectivity index (χ0n) is 12.6. The van der Waals surface area contributed by atoms with E-state index in [2.05, 4.69) is 20.7 Å². The monoisotopic (exact) mass is 341 g/mol. The third kappa shape index (κ3) is 3.29. The average Bonchev–Trinajstić information content (AvgIpc) is 2.91. The summed E-state index contributed by atoms with van der Waals surface area (Å²) in [4.78, 5) is 31.4. The highest BCUT2D eigenvalue weighted by Crippen LogP contribution is 2.44. The zero-order chi connectivity index (χ0) is 17.9. The van der Waals surface area contributed by atoms with E-state index in [4.69, 9.17) is 10.9 Å². The minimum Gasteiger partial charge on any atom is -0.396 e. The van der Waals surface area contributed by atoms with Gasteiger partial charge in [0, 0.05) is 25.2 Å². The fraction of sp³-hybridized carbons (Fsp3) is 0.500. The van der Waals surface area contributed by atoms with Crippen molar-refractivity contribution in [3.8, 4) is 0 Å². The number of hydroxylamine groups is 1. The summed E-state index contributed by atoms with van der Waals surface area (Å²) in [6.45, 7) is 0.0265. The second kappa shape index (κ2) is 7.25. The fourth-order valence-electron chi connectivity index (χ4n) is 2.76. The first-order valence-electron chi connectivity index (χ1n) is 7.06. The van der Waals surface area contributed by atoms with Crippen LogP contribution in [-0.2, 0) is 0 Å². The number of hydrogen-bond acceptors (Lipinski definition) is 8. The fourth-order valence-corrected chi connectivity index (χ4v) is 2.76. The Hall–Kier alpha value is -2.70. The van der Waals surface area contributed by atoms with E-state index in [0.717, 1.165) is 6.42 Å². The lowest BCUT2D eigenvalue weighted by Gasteiger charge is -2.43. The highest BCUT2D eigenvalue weighted by molar-refractivity contribution is 5.70. The molecule has 0 aliphatic heterocycles. The molecule has 1 fully saturated rings. The molecule has 2 aromatic rings. The lowest BCUT2D eigenvalue weighted by Crippen LogP contribution is -2.42. The molecule has 24 heavy (non-hydrogen) atoms. The number of rotatable bonds is 3. The summed E-state index contributed by atoms with van der Waals surface area (Å²) in [5, 5.41) is 26.0. The number of carbonyl (C=O) groups is 1. The van der Waals surface area contributed by atoms with E-state index in [9.17, 15) is 19.8 Å². The molecule has 2 aromatic heterocycles. The Bertz CT molecular complexity index is 773. The number of nitrogen functional groups attached to an aromatic ring is 1. The smallest absolute Gasteiger partial charge is 0.335 e. The Morgan fingerprint density at radius 2 is 2.12 bits per heavy atom. The minimum atomic E-state index is -0.940. The lowest BCUT2D eigenvalue weighted by molar-refractivity contribution is -0.00528. The van der Waals surface area contributed by atoms with Gasteiger partial charge in [0.15, 0.2) is 11.2 Å². The number of imidazole rings is 1. The summed E-state index contributed by atoms with van der Waals surface area (Å²) < 4.78 is 1.76. The summed E-state index contributed by atoms with van der Waals surface area (Å²) in [5.41, 5.74) is 11.3. The van der Waals surface area contributed by atoms with Crippen molar-refractivity contribution in [3.63, 3.8) is 0 Å². The van der Waals surface area contributed by atoms with Crippen LogP contribution in [0.5, 0.6) is 0 Å². The summed E-state index contributed by atoms with van der Waals surface area (Å²) in [6, 6.07) is -0.953. The number of nitrogens with two attached hydrogens (primary N) is 2. The topological polar surface area (TPSA) is 205 Å². The molecular weight excluding hydrogens is 322 g/mol. The van der Waals surface area contributed by atoms with Crippen LogP contribution in [0, 0.1) is 11.8 Å². The predicted molar refractivity (Wildman–Crippen MR) is 81.9 cm³/mol. The number of H-pyrrole nitrogens is 1. The van der Waals surface area contributed by atoms with Crippen molar-refractivity contribution in [2.45, 2.75) is 12.5 Å². The molecular formula is C12H19N7O5. The van der Waals surface area contributed by atoms with Crippen molar-refractivity contribution in [2.24, 2.45) is 17.6 Å². The van der Waals surface area contributed by atoms with E-state index in [-0.39, 0.29) is 48.1 Å². The van der Waals surface area contributed by atoms with Gasteiger partial charge in [0.1, 0.15) is 0 Å². The van der Waals surface area contributed by atoms with Gasteiger partial charge >= 0.3 is 6.03 Å². The van der Waals surface area contributed by atoms with Crippen LogP contribution in [0.1, 0.15) is 12.5 Å². The van der Waals surface area contributed by atoms with Gasteiger partial charge < -0.3 is 26.2 Å². The SMILES string of the molecule is NC(=O)NO.Nc1nc2c(ncn2[C@@H]2C[C@H](CO)[C@H]2CO)c(=O)[nH]1. The number of urea groups is 1. The molecule has 0 spiro atoms. The molecule has 2 amide bonds. The van der Waals surface area contributed by atoms with Crippen LogP contribution in [0.15, 0.2) is 11.1 Å². The molecule has 3 rings (SSSR count). The molecule has 9 N–H and O–H groups in total. The van der Waals surface area contributed by atoms with Crippen molar-refractivity contribution in [2.75, 3.05) is 18.9 Å². The third-order valence-corrected chi connectivity index (χ3v) is 4.01. The quantitative estimate of drug-likeness (QED) is 0.243. The number of anilines is 1. The number of nitrogens with zero attached hydrogens (tertiary/aromatic N) is 3.